The van der Waals surface area contributed by atoms with Gasteiger partial charge in [0.15, 0.2) is 0 Å². The number of rotatable bonds is 24. The van der Waals surface area contributed by atoms with Crippen molar-refractivity contribution in [3.05, 3.63) is 77.9 Å². The topological polar surface area (TPSA) is 259 Å². The first-order valence-corrected chi connectivity index (χ1v) is 18.6. The third kappa shape index (κ3) is 17.4. The normalized spacial score (nSPS) is 12.4. The van der Waals surface area contributed by atoms with Gasteiger partial charge in [0.2, 0.25) is 35.4 Å². The first kappa shape index (κ1) is 45.8. The zero-order valence-electron chi connectivity index (χ0n) is 32.6. The van der Waals surface area contributed by atoms with Crippen molar-refractivity contribution in [1.29, 1.82) is 0 Å². The van der Waals surface area contributed by atoms with E-state index in [-0.39, 0.29) is 56.8 Å². The summed E-state index contributed by atoms with van der Waals surface area (Å²) in [5.41, 5.74) is 6.99. The van der Waals surface area contributed by atoms with Gasteiger partial charge in [0.05, 0.1) is 26.2 Å². The maximum atomic E-state index is 13.2. The molecule has 58 heavy (non-hydrogen) atoms. The van der Waals surface area contributed by atoms with E-state index in [0.29, 0.717) is 43.6 Å². The smallest absolute Gasteiger partial charge is 0.409 e. The molecule has 2 aromatic carbocycles. The summed E-state index contributed by atoms with van der Waals surface area (Å²) in [5, 5.41) is 12.6. The number of hydrogen-bond acceptors (Lipinski definition) is 11. The molecule has 0 saturated carbocycles. The van der Waals surface area contributed by atoms with Crippen molar-refractivity contribution in [2.45, 2.75) is 44.8 Å². The number of unbranched alkanes of at least 4 members (excludes halogenated alkanes) is 2. The molecule has 0 aliphatic carbocycles. The highest BCUT2D eigenvalue weighted by Gasteiger charge is 2.23. The lowest BCUT2D eigenvalue weighted by atomic mass is 10.1. The summed E-state index contributed by atoms with van der Waals surface area (Å²) in [7, 11) is 3.28. The minimum absolute atomic E-state index is 0.0184. The molecule has 0 unspecified atom stereocenters. The van der Waals surface area contributed by atoms with Crippen LogP contribution in [-0.4, -0.2) is 134 Å². The van der Waals surface area contributed by atoms with E-state index in [4.69, 9.17) is 10.5 Å². The van der Waals surface area contributed by atoms with Crippen LogP contribution in [-0.2, 0) is 56.1 Å². The molecule has 3 rings (SSSR count). The van der Waals surface area contributed by atoms with Crippen LogP contribution in [0.4, 0.5) is 10.5 Å². The van der Waals surface area contributed by atoms with E-state index >= 15 is 0 Å². The minimum Gasteiger partial charge on any atom is -0.445 e. The molecule has 0 fully saturated rings. The number of carbonyl (C=O) groups is 9. The summed E-state index contributed by atoms with van der Waals surface area (Å²) in [6, 6.07) is 14.3. The molecule has 0 aromatic heterocycles. The summed E-state index contributed by atoms with van der Waals surface area (Å²) in [6.45, 7) is -0.187. The van der Waals surface area contributed by atoms with Gasteiger partial charge in [0.1, 0.15) is 12.6 Å². The lowest BCUT2D eigenvalue weighted by molar-refractivity contribution is -0.137. The van der Waals surface area contributed by atoms with Gasteiger partial charge in [-0.25, -0.2) is 4.79 Å². The Balaban J connectivity index is 1.37. The first-order chi connectivity index (χ1) is 27.7. The van der Waals surface area contributed by atoms with Crippen LogP contribution in [0.3, 0.4) is 0 Å². The zero-order valence-corrected chi connectivity index (χ0v) is 32.6. The molecule has 312 valence electrons. The highest BCUT2D eigenvalue weighted by molar-refractivity contribution is 6.12. The third-order valence-electron chi connectivity index (χ3n) is 8.59. The van der Waals surface area contributed by atoms with Crippen LogP contribution in [0.15, 0.2) is 66.7 Å². The number of nitrogens with zero attached hydrogens (tertiary/aromatic N) is 3. The maximum absolute atomic E-state index is 13.2. The van der Waals surface area contributed by atoms with Gasteiger partial charge in [0, 0.05) is 57.4 Å². The van der Waals surface area contributed by atoms with Gasteiger partial charge in [-0.05, 0) is 43.1 Å². The average molecular weight is 806 g/mol. The average Bonchev–Trinajstić information content (AvgIpc) is 3.52. The Morgan fingerprint density at radius 3 is 2.03 bits per heavy atom. The lowest BCUT2D eigenvalue weighted by Gasteiger charge is -2.21. The highest BCUT2D eigenvalue weighted by atomic mass is 16.6. The summed E-state index contributed by atoms with van der Waals surface area (Å²) in [4.78, 5) is 114. The van der Waals surface area contributed by atoms with Crippen LogP contribution >= 0.6 is 0 Å². The molecule has 1 aliphatic rings. The molecular weight excluding hydrogens is 754 g/mol. The summed E-state index contributed by atoms with van der Waals surface area (Å²) >= 11 is 0. The number of hydrogen-bond donors (Lipinski definition) is 6. The van der Waals surface area contributed by atoms with Crippen molar-refractivity contribution < 1.29 is 47.9 Å². The van der Waals surface area contributed by atoms with Gasteiger partial charge in [-0.1, -0.05) is 48.9 Å². The molecule has 7 N–H and O–H groups in total. The van der Waals surface area contributed by atoms with Gasteiger partial charge in [-0.3, -0.25) is 48.2 Å². The summed E-state index contributed by atoms with van der Waals surface area (Å²) in [6.07, 6.45) is 3.72. The van der Waals surface area contributed by atoms with Crippen LogP contribution in [0.5, 0.6) is 0 Å². The van der Waals surface area contributed by atoms with E-state index in [1.165, 1.54) is 17.1 Å². The monoisotopic (exact) mass is 805 g/mol. The SMILES string of the molecule is CN(CCN(C)C(=O)OCc1ccc(NC(=O)CNC(=O)[C@H](Cc2ccccc2)NC(=O)CNC(=O)CNC(=O)CCCCCN2C(=O)C=CC2=O)cc1)CC(N)=O. The fourth-order valence-corrected chi connectivity index (χ4v) is 5.39. The predicted octanol–water partition coefficient (Wildman–Crippen LogP) is -0.828. The van der Waals surface area contributed by atoms with Crippen LogP contribution in [0.2, 0.25) is 0 Å². The molecule has 19 nitrogen and oxygen atoms in total. The molecule has 0 saturated heterocycles. The lowest BCUT2D eigenvalue weighted by Crippen LogP contribution is -2.52. The van der Waals surface area contributed by atoms with Gasteiger partial charge < -0.3 is 42.0 Å². The summed E-state index contributed by atoms with van der Waals surface area (Å²) < 4.78 is 5.32. The number of anilines is 1. The number of likely N-dealkylation sites (N-methyl/N-ethyl adjacent to an activating group) is 2. The Kier molecular flexibility index (Phi) is 19.0. The number of nitrogens with two attached hydrogens (primary N) is 1. The number of imide groups is 1. The van der Waals surface area contributed by atoms with Crippen LogP contribution < -0.4 is 32.3 Å². The van der Waals surface area contributed by atoms with Gasteiger partial charge in [-0.15, -0.1) is 0 Å². The maximum Gasteiger partial charge on any atom is 0.409 e. The fraction of sp³-hybridized carbons (Fsp3) is 0.410. The largest absolute Gasteiger partial charge is 0.445 e. The van der Waals surface area contributed by atoms with Crippen molar-refractivity contribution >= 4 is 59.0 Å². The van der Waals surface area contributed by atoms with Crippen LogP contribution in [0.25, 0.3) is 0 Å². The van der Waals surface area contributed by atoms with Crippen molar-refractivity contribution in [3.8, 4) is 0 Å². The molecule has 9 amide bonds. The zero-order chi connectivity index (χ0) is 42.5. The molecular formula is C39H51N9O10. The third-order valence-corrected chi connectivity index (χ3v) is 8.59. The fourth-order valence-electron chi connectivity index (χ4n) is 5.39. The number of primary amides is 1. The molecule has 2 aromatic rings. The molecule has 1 heterocycles. The molecule has 19 heteroatoms. The van der Waals surface area contributed by atoms with E-state index < -0.39 is 54.8 Å². The van der Waals surface area contributed by atoms with Crippen molar-refractivity contribution in [2.24, 2.45) is 5.73 Å². The Morgan fingerprint density at radius 2 is 1.36 bits per heavy atom. The number of nitrogens with one attached hydrogen (secondary N) is 5. The Labute approximate surface area is 336 Å². The number of amides is 9. The highest BCUT2D eigenvalue weighted by Crippen LogP contribution is 2.12. The second-order valence-corrected chi connectivity index (χ2v) is 13.5. The van der Waals surface area contributed by atoms with Crippen molar-refractivity contribution in [1.82, 2.24) is 36.0 Å². The molecule has 1 aliphatic heterocycles. The Bertz CT molecular complexity index is 1790. The molecule has 0 bridgehead atoms. The van der Waals surface area contributed by atoms with Crippen LogP contribution in [0.1, 0.15) is 36.8 Å². The quantitative estimate of drug-likeness (QED) is 0.0564. The Hall–Kier alpha value is -6.63. The number of ether oxygens (including phenoxy) is 1. The van der Waals surface area contributed by atoms with E-state index in [2.05, 4.69) is 26.6 Å². The van der Waals surface area contributed by atoms with Gasteiger partial charge in [-0.2, -0.15) is 0 Å². The predicted molar refractivity (Wildman–Crippen MR) is 210 cm³/mol. The van der Waals surface area contributed by atoms with E-state index in [0.717, 1.165) is 10.5 Å². The molecule has 1 atom stereocenters. The second-order valence-electron chi connectivity index (χ2n) is 13.5. The van der Waals surface area contributed by atoms with E-state index in [1.807, 2.05) is 0 Å². The minimum atomic E-state index is -1.09. The summed E-state index contributed by atoms with van der Waals surface area (Å²) in [5.74, 6) is -4.03. The standard InChI is InChI=1S/C39H51N9O10/c1-46(25-31(40)49)19-20-47(2)39(57)58-26-28-12-14-29(15-13-28)44-34(52)24-43-38(56)30(21-27-9-5-3-6-10-27)45-35(53)23-42-33(51)22-41-32(50)11-7-4-8-18-48-36(54)16-17-37(48)55/h3,5-6,9-10,12-17,30H,4,7-8,11,18-26H2,1-2H3,(H2,40,49)(H,41,50)(H,42,51)(H,43,56)(H,44,52)(H,45,53)/t30-/m0/s1. The Morgan fingerprint density at radius 1 is 0.724 bits per heavy atom. The molecule has 0 spiro atoms. The molecule has 0 radical (unpaired) electrons. The van der Waals surface area contributed by atoms with E-state index in [9.17, 15) is 43.2 Å². The van der Waals surface area contributed by atoms with Crippen molar-refractivity contribution in [2.75, 3.05) is 65.2 Å². The first-order valence-electron chi connectivity index (χ1n) is 18.6. The number of carbonyl (C=O) groups excluding carboxylic acids is 9. The second kappa shape index (κ2) is 24.1. The van der Waals surface area contributed by atoms with Gasteiger partial charge in [0.25, 0.3) is 11.8 Å². The van der Waals surface area contributed by atoms with Crippen molar-refractivity contribution in [3.63, 3.8) is 0 Å². The number of benzene rings is 2. The van der Waals surface area contributed by atoms with Crippen LogP contribution in [0, 0.1) is 0 Å². The van der Waals surface area contributed by atoms with E-state index in [1.54, 1.807) is 73.6 Å². The van der Waals surface area contributed by atoms with Gasteiger partial charge >= 0.3 is 6.09 Å².